The topological polar surface area (TPSA) is 101 Å². The van der Waals surface area contributed by atoms with Crippen LogP contribution in [0.2, 0.25) is 0 Å². The van der Waals surface area contributed by atoms with Gasteiger partial charge in [0.2, 0.25) is 4.96 Å². The molecule has 0 aliphatic carbocycles. The van der Waals surface area contributed by atoms with Crippen molar-refractivity contribution in [3.8, 4) is 38.7 Å². The van der Waals surface area contributed by atoms with Crippen molar-refractivity contribution in [3.05, 3.63) is 101 Å². The molecule has 11 heteroatoms. The number of thiazole rings is 1. The van der Waals surface area contributed by atoms with E-state index in [1.54, 1.807) is 24.9 Å². The molecule has 0 amide bonds. The fraction of sp³-hybridized carbons (Fsp3) is 0.152. The van der Waals surface area contributed by atoms with Gasteiger partial charge in [0.25, 0.3) is 5.19 Å². The number of benzene rings is 3. The van der Waals surface area contributed by atoms with Crippen LogP contribution >= 0.6 is 22.7 Å². The highest BCUT2D eigenvalue weighted by Gasteiger charge is 2.18. The molecule has 0 aliphatic heterocycles. The summed E-state index contributed by atoms with van der Waals surface area (Å²) in [5.41, 5.74) is 5.77. The SMILES string of the molecule is COc1cc(OCc2cccc(CC(=O)c3csc(-c4ccc(C)cc4)n3)c2)c2cc(-c3cn4nc(OC)sc4n3)oc2c1. The summed E-state index contributed by atoms with van der Waals surface area (Å²) in [6, 6.07) is 21.6. The maximum atomic E-state index is 13.1. The van der Waals surface area contributed by atoms with Crippen molar-refractivity contribution in [3.63, 3.8) is 0 Å². The number of nitrogens with zero attached hydrogens (tertiary/aromatic N) is 4. The number of ketones is 1. The minimum absolute atomic E-state index is 0.0223. The molecule has 0 atom stereocenters. The number of aryl methyl sites for hydroxylation is 1. The van der Waals surface area contributed by atoms with Gasteiger partial charge < -0.3 is 18.6 Å². The molecule has 0 fully saturated rings. The zero-order chi connectivity index (χ0) is 30.2. The number of aromatic nitrogens is 4. The molecule has 0 aliphatic rings. The van der Waals surface area contributed by atoms with Crippen molar-refractivity contribution in [1.29, 1.82) is 0 Å². The zero-order valence-electron chi connectivity index (χ0n) is 24.1. The van der Waals surface area contributed by atoms with Gasteiger partial charge in [-0.2, -0.15) is 0 Å². The van der Waals surface area contributed by atoms with Crippen molar-refractivity contribution < 1.29 is 23.4 Å². The molecule has 4 aromatic heterocycles. The zero-order valence-corrected chi connectivity index (χ0v) is 25.7. The second kappa shape index (κ2) is 11.6. The fourth-order valence-corrected chi connectivity index (χ4v) is 6.36. The molecule has 0 radical (unpaired) electrons. The Labute approximate surface area is 260 Å². The number of methoxy groups -OCH3 is 2. The van der Waals surface area contributed by atoms with Crippen LogP contribution in [0.3, 0.4) is 0 Å². The normalized spacial score (nSPS) is 11.3. The molecule has 0 spiro atoms. The van der Waals surface area contributed by atoms with E-state index in [9.17, 15) is 4.79 Å². The van der Waals surface area contributed by atoms with Gasteiger partial charge >= 0.3 is 0 Å². The number of fused-ring (bicyclic) bond motifs is 2. The third-order valence-corrected chi connectivity index (χ3v) is 8.87. The minimum Gasteiger partial charge on any atom is -0.496 e. The number of furan rings is 1. The number of ether oxygens (including phenoxy) is 3. The van der Waals surface area contributed by atoms with Crippen LogP contribution < -0.4 is 14.2 Å². The summed E-state index contributed by atoms with van der Waals surface area (Å²) in [7, 11) is 3.18. The average Bonchev–Trinajstić information content (AvgIpc) is 3.83. The summed E-state index contributed by atoms with van der Waals surface area (Å²) in [6.07, 6.45) is 2.05. The van der Waals surface area contributed by atoms with Gasteiger partial charge in [0.15, 0.2) is 11.5 Å². The number of Topliss-reactive ketones (excluding diaryl/α,β-unsaturated/α-hetero) is 1. The first-order valence-corrected chi connectivity index (χ1v) is 15.4. The van der Waals surface area contributed by atoms with E-state index in [0.717, 1.165) is 27.1 Å². The van der Waals surface area contributed by atoms with Crippen molar-refractivity contribution in [2.45, 2.75) is 20.0 Å². The molecule has 0 bridgehead atoms. The lowest BCUT2D eigenvalue weighted by Gasteiger charge is -2.10. The van der Waals surface area contributed by atoms with E-state index in [1.807, 2.05) is 79.0 Å². The Morgan fingerprint density at radius 3 is 2.61 bits per heavy atom. The number of imidazole rings is 1. The summed E-state index contributed by atoms with van der Waals surface area (Å²) in [5.74, 6) is 1.79. The van der Waals surface area contributed by atoms with Crippen LogP contribution in [0.5, 0.6) is 16.7 Å². The average molecular weight is 623 g/mol. The molecule has 7 rings (SSSR count). The largest absolute Gasteiger partial charge is 0.496 e. The lowest BCUT2D eigenvalue weighted by molar-refractivity contribution is 0.0989. The predicted molar refractivity (Wildman–Crippen MR) is 170 cm³/mol. The number of hydrogen-bond donors (Lipinski definition) is 0. The Kier molecular flexibility index (Phi) is 7.32. The summed E-state index contributed by atoms with van der Waals surface area (Å²) in [5, 5.41) is 8.34. The van der Waals surface area contributed by atoms with Crippen molar-refractivity contribution in [1.82, 2.24) is 19.6 Å². The molecule has 44 heavy (non-hydrogen) atoms. The monoisotopic (exact) mass is 622 g/mol. The number of carbonyl (C=O) groups excluding carboxylic acids is 1. The van der Waals surface area contributed by atoms with Crippen LogP contribution in [0.25, 0.3) is 38.0 Å². The van der Waals surface area contributed by atoms with E-state index in [4.69, 9.17) is 18.6 Å². The summed E-state index contributed by atoms with van der Waals surface area (Å²) in [4.78, 5) is 23.0. The van der Waals surface area contributed by atoms with Crippen LogP contribution in [0.15, 0.2) is 82.7 Å². The number of carbonyl (C=O) groups is 1. The van der Waals surface area contributed by atoms with Gasteiger partial charge in [-0.1, -0.05) is 54.1 Å². The van der Waals surface area contributed by atoms with E-state index >= 15 is 0 Å². The third kappa shape index (κ3) is 5.54. The summed E-state index contributed by atoms with van der Waals surface area (Å²) in [6.45, 7) is 2.34. The first-order valence-electron chi connectivity index (χ1n) is 13.7. The van der Waals surface area contributed by atoms with Crippen LogP contribution in [0.1, 0.15) is 27.2 Å². The molecular formula is C33H26N4O5S2. The molecule has 0 saturated carbocycles. The van der Waals surface area contributed by atoms with E-state index in [1.165, 1.54) is 28.2 Å². The minimum atomic E-state index is -0.0223. The molecule has 220 valence electrons. The second-order valence-electron chi connectivity index (χ2n) is 10.2. The van der Waals surface area contributed by atoms with E-state index in [-0.39, 0.29) is 12.2 Å². The Hall–Kier alpha value is -5.00. The van der Waals surface area contributed by atoms with Crippen molar-refractivity contribution in [2.24, 2.45) is 0 Å². The van der Waals surface area contributed by atoms with Gasteiger partial charge in [0.05, 0.1) is 25.8 Å². The van der Waals surface area contributed by atoms with E-state index in [0.29, 0.717) is 51.0 Å². The van der Waals surface area contributed by atoms with Gasteiger partial charge in [0, 0.05) is 29.5 Å². The quantitative estimate of drug-likeness (QED) is 0.143. The number of hydrogen-bond acceptors (Lipinski definition) is 10. The van der Waals surface area contributed by atoms with E-state index < -0.39 is 0 Å². The lowest BCUT2D eigenvalue weighted by atomic mass is 10.0. The summed E-state index contributed by atoms with van der Waals surface area (Å²) >= 11 is 2.83. The van der Waals surface area contributed by atoms with Gasteiger partial charge in [-0.05, 0) is 35.5 Å². The Morgan fingerprint density at radius 1 is 0.977 bits per heavy atom. The van der Waals surface area contributed by atoms with Crippen LogP contribution in [0.4, 0.5) is 0 Å². The van der Waals surface area contributed by atoms with Crippen molar-refractivity contribution >= 4 is 44.4 Å². The van der Waals surface area contributed by atoms with Gasteiger partial charge in [0.1, 0.15) is 40.1 Å². The molecule has 7 aromatic rings. The highest BCUT2D eigenvalue weighted by Crippen LogP contribution is 2.37. The van der Waals surface area contributed by atoms with Crippen molar-refractivity contribution in [2.75, 3.05) is 14.2 Å². The molecular weight excluding hydrogens is 597 g/mol. The Balaban J connectivity index is 1.08. The van der Waals surface area contributed by atoms with Gasteiger partial charge in [-0.25, -0.2) is 14.5 Å². The molecule has 3 aromatic carbocycles. The number of rotatable bonds is 10. The first-order chi connectivity index (χ1) is 21.4. The highest BCUT2D eigenvalue weighted by atomic mass is 32.1. The van der Waals surface area contributed by atoms with Crippen LogP contribution in [-0.4, -0.2) is 39.6 Å². The maximum Gasteiger partial charge on any atom is 0.294 e. The third-order valence-electron chi connectivity index (χ3n) is 7.10. The first kappa shape index (κ1) is 27.8. The van der Waals surface area contributed by atoms with E-state index in [2.05, 4.69) is 15.1 Å². The molecule has 9 nitrogen and oxygen atoms in total. The van der Waals surface area contributed by atoms with Gasteiger partial charge in [-0.15, -0.1) is 16.4 Å². The van der Waals surface area contributed by atoms with Gasteiger partial charge in [-0.3, -0.25) is 4.79 Å². The maximum absolute atomic E-state index is 13.1. The smallest absolute Gasteiger partial charge is 0.294 e. The molecule has 0 N–H and O–H groups in total. The molecule has 0 saturated heterocycles. The summed E-state index contributed by atoms with van der Waals surface area (Å²) < 4.78 is 24.8. The highest BCUT2D eigenvalue weighted by molar-refractivity contribution is 7.18. The second-order valence-corrected chi connectivity index (χ2v) is 12.0. The predicted octanol–water partition coefficient (Wildman–Crippen LogP) is 7.66. The van der Waals surface area contributed by atoms with Crippen LogP contribution in [-0.2, 0) is 13.0 Å². The fourth-order valence-electron chi connectivity index (χ4n) is 4.83. The molecule has 0 unspecified atom stereocenters. The van der Waals surface area contributed by atoms with Crippen LogP contribution in [0, 0.1) is 6.92 Å². The molecule has 4 heterocycles. The Bertz CT molecular complexity index is 2090. The standard InChI is InChI=1S/C33H26N4O5S2/c1-19-7-9-22(10-8-19)31-34-26(18-43-31)27(38)12-20-5-4-6-21(11-20)17-41-28-13-23(39-2)14-29-24(28)15-30(42-29)25-16-37-32(35-25)44-33(36-37)40-3/h4-11,13-16,18H,12,17H2,1-3H3. The lowest BCUT2D eigenvalue weighted by Crippen LogP contribution is -2.05. The Morgan fingerprint density at radius 2 is 1.82 bits per heavy atom.